The Morgan fingerprint density at radius 3 is 2.86 bits per heavy atom. The smallest absolute Gasteiger partial charge is 0.0945 e. The van der Waals surface area contributed by atoms with E-state index in [-0.39, 0.29) is 0 Å². The van der Waals surface area contributed by atoms with Crippen molar-refractivity contribution < 1.29 is 0 Å². The summed E-state index contributed by atoms with van der Waals surface area (Å²) in [5, 5.41) is 7.09. The van der Waals surface area contributed by atoms with E-state index in [2.05, 4.69) is 22.6 Å². The SMILES string of the molecule is CC1CCCCC1NCCc1nc(-c2ccncc2)cs1. The van der Waals surface area contributed by atoms with Gasteiger partial charge in [0.15, 0.2) is 0 Å². The maximum absolute atomic E-state index is 4.73. The molecule has 2 aromatic rings. The van der Waals surface area contributed by atoms with E-state index < -0.39 is 0 Å². The minimum Gasteiger partial charge on any atom is -0.313 e. The topological polar surface area (TPSA) is 37.8 Å². The summed E-state index contributed by atoms with van der Waals surface area (Å²) in [4.78, 5) is 8.78. The number of aromatic nitrogens is 2. The quantitative estimate of drug-likeness (QED) is 0.909. The van der Waals surface area contributed by atoms with Crippen LogP contribution in [0.25, 0.3) is 11.3 Å². The van der Waals surface area contributed by atoms with Gasteiger partial charge in [-0.15, -0.1) is 11.3 Å². The molecule has 4 heteroatoms. The molecule has 0 radical (unpaired) electrons. The first-order chi connectivity index (χ1) is 10.3. The van der Waals surface area contributed by atoms with E-state index in [0.29, 0.717) is 6.04 Å². The second-order valence-electron chi connectivity index (χ2n) is 5.93. The fourth-order valence-electron chi connectivity index (χ4n) is 3.06. The van der Waals surface area contributed by atoms with Gasteiger partial charge in [0.2, 0.25) is 0 Å². The lowest BCUT2D eigenvalue weighted by atomic mass is 9.86. The minimum absolute atomic E-state index is 0.707. The Morgan fingerprint density at radius 1 is 1.24 bits per heavy atom. The average Bonchev–Trinajstić information content (AvgIpc) is 2.99. The normalized spacial score (nSPS) is 22.3. The molecule has 0 aliphatic heterocycles. The number of pyridine rings is 1. The van der Waals surface area contributed by atoms with E-state index in [1.165, 1.54) is 30.7 Å². The van der Waals surface area contributed by atoms with Crippen LogP contribution in [0.15, 0.2) is 29.9 Å². The summed E-state index contributed by atoms with van der Waals surface area (Å²) in [6, 6.07) is 4.74. The summed E-state index contributed by atoms with van der Waals surface area (Å²) in [5.41, 5.74) is 2.23. The predicted molar refractivity (Wildman–Crippen MR) is 88.5 cm³/mol. The fourth-order valence-corrected chi connectivity index (χ4v) is 3.87. The Balaban J connectivity index is 1.51. The van der Waals surface area contributed by atoms with Crippen LogP contribution in [0.5, 0.6) is 0 Å². The molecule has 2 atom stereocenters. The van der Waals surface area contributed by atoms with E-state index in [9.17, 15) is 0 Å². The van der Waals surface area contributed by atoms with Crippen LogP contribution >= 0.6 is 11.3 Å². The van der Waals surface area contributed by atoms with Crippen molar-refractivity contribution >= 4 is 11.3 Å². The third-order valence-electron chi connectivity index (χ3n) is 4.38. The molecule has 2 heterocycles. The van der Waals surface area contributed by atoms with Gasteiger partial charge in [-0.05, 0) is 30.9 Å². The van der Waals surface area contributed by atoms with E-state index in [0.717, 1.165) is 30.1 Å². The maximum atomic E-state index is 4.73. The molecule has 2 aromatic heterocycles. The van der Waals surface area contributed by atoms with Gasteiger partial charge < -0.3 is 5.32 Å². The zero-order valence-electron chi connectivity index (χ0n) is 12.6. The number of nitrogens with one attached hydrogen (secondary N) is 1. The molecule has 1 saturated carbocycles. The summed E-state index contributed by atoms with van der Waals surface area (Å²) in [5.74, 6) is 0.822. The second kappa shape index (κ2) is 7.14. The molecule has 3 rings (SSSR count). The van der Waals surface area contributed by atoms with Crippen molar-refractivity contribution in [2.45, 2.75) is 45.1 Å². The van der Waals surface area contributed by atoms with Crippen molar-refractivity contribution in [3.63, 3.8) is 0 Å². The van der Waals surface area contributed by atoms with Gasteiger partial charge in [-0.2, -0.15) is 0 Å². The molecule has 3 nitrogen and oxygen atoms in total. The summed E-state index contributed by atoms with van der Waals surface area (Å²) in [7, 11) is 0. The van der Waals surface area contributed by atoms with E-state index in [1.807, 2.05) is 24.5 Å². The largest absolute Gasteiger partial charge is 0.313 e. The standard InChI is InChI=1S/C17H23N3S/c1-13-4-2-3-5-15(13)19-11-8-17-20-16(12-21-17)14-6-9-18-10-7-14/h6-7,9-10,12-13,15,19H,2-5,8,11H2,1H3. The highest BCUT2D eigenvalue weighted by atomic mass is 32.1. The molecule has 0 saturated heterocycles. The number of rotatable bonds is 5. The molecule has 0 spiro atoms. The van der Waals surface area contributed by atoms with Crippen LogP contribution in [0.3, 0.4) is 0 Å². The Morgan fingerprint density at radius 2 is 2.05 bits per heavy atom. The molecule has 2 unspecified atom stereocenters. The minimum atomic E-state index is 0.707. The number of thiazole rings is 1. The van der Waals surface area contributed by atoms with Crippen molar-refractivity contribution in [1.82, 2.24) is 15.3 Å². The molecule has 21 heavy (non-hydrogen) atoms. The molecule has 0 amide bonds. The molecule has 0 aromatic carbocycles. The highest BCUT2D eigenvalue weighted by Crippen LogP contribution is 2.24. The van der Waals surface area contributed by atoms with Crippen LogP contribution < -0.4 is 5.32 Å². The van der Waals surface area contributed by atoms with Gasteiger partial charge in [0.1, 0.15) is 0 Å². The van der Waals surface area contributed by atoms with E-state index >= 15 is 0 Å². The van der Waals surface area contributed by atoms with Gasteiger partial charge in [0.25, 0.3) is 0 Å². The zero-order chi connectivity index (χ0) is 14.5. The van der Waals surface area contributed by atoms with E-state index in [1.54, 1.807) is 11.3 Å². The molecule has 1 aliphatic rings. The molecular weight excluding hydrogens is 278 g/mol. The summed E-state index contributed by atoms with van der Waals surface area (Å²) >= 11 is 1.76. The molecule has 1 aliphatic carbocycles. The number of hydrogen-bond donors (Lipinski definition) is 1. The van der Waals surface area contributed by atoms with Gasteiger partial charge in [-0.3, -0.25) is 4.98 Å². The van der Waals surface area contributed by atoms with Gasteiger partial charge in [-0.1, -0.05) is 19.8 Å². The van der Waals surface area contributed by atoms with Crippen molar-refractivity contribution in [2.75, 3.05) is 6.54 Å². The molecule has 112 valence electrons. The van der Waals surface area contributed by atoms with Gasteiger partial charge in [0, 0.05) is 42.3 Å². The van der Waals surface area contributed by atoms with Crippen LogP contribution in [0.2, 0.25) is 0 Å². The lowest BCUT2D eigenvalue weighted by Gasteiger charge is -2.29. The molecule has 1 N–H and O–H groups in total. The number of hydrogen-bond acceptors (Lipinski definition) is 4. The monoisotopic (exact) mass is 301 g/mol. The average molecular weight is 301 g/mol. The van der Waals surface area contributed by atoms with Gasteiger partial charge in [-0.25, -0.2) is 4.98 Å². The maximum Gasteiger partial charge on any atom is 0.0945 e. The van der Waals surface area contributed by atoms with Crippen LogP contribution in [-0.2, 0) is 6.42 Å². The first-order valence-corrected chi connectivity index (χ1v) is 8.79. The first-order valence-electron chi connectivity index (χ1n) is 7.91. The van der Waals surface area contributed by atoms with Crippen molar-refractivity contribution in [2.24, 2.45) is 5.92 Å². The van der Waals surface area contributed by atoms with Crippen LogP contribution in [0, 0.1) is 5.92 Å². The Kier molecular flexibility index (Phi) is 4.99. The summed E-state index contributed by atoms with van der Waals surface area (Å²) < 4.78 is 0. The van der Waals surface area contributed by atoms with Crippen molar-refractivity contribution in [3.8, 4) is 11.3 Å². The predicted octanol–water partition coefficient (Wildman–Crippen LogP) is 3.92. The lowest BCUT2D eigenvalue weighted by molar-refractivity contribution is 0.282. The third-order valence-corrected chi connectivity index (χ3v) is 5.29. The van der Waals surface area contributed by atoms with Crippen LogP contribution in [0.1, 0.15) is 37.6 Å². The Labute approximate surface area is 130 Å². The molecule has 1 fully saturated rings. The van der Waals surface area contributed by atoms with Crippen molar-refractivity contribution in [3.05, 3.63) is 34.9 Å². The highest BCUT2D eigenvalue weighted by molar-refractivity contribution is 7.09. The Bertz CT molecular complexity index is 552. The number of nitrogens with zero attached hydrogens (tertiary/aromatic N) is 2. The van der Waals surface area contributed by atoms with Crippen LogP contribution in [0.4, 0.5) is 0 Å². The van der Waals surface area contributed by atoms with Gasteiger partial charge >= 0.3 is 0 Å². The zero-order valence-corrected chi connectivity index (χ0v) is 13.4. The molecular formula is C17H23N3S. The molecule has 0 bridgehead atoms. The second-order valence-corrected chi connectivity index (χ2v) is 6.88. The summed E-state index contributed by atoms with van der Waals surface area (Å²) in [6.45, 7) is 3.42. The highest BCUT2D eigenvalue weighted by Gasteiger charge is 2.20. The first kappa shape index (κ1) is 14.7. The van der Waals surface area contributed by atoms with Gasteiger partial charge in [0.05, 0.1) is 10.7 Å². The van der Waals surface area contributed by atoms with E-state index in [4.69, 9.17) is 4.98 Å². The Hall–Kier alpha value is -1.26. The van der Waals surface area contributed by atoms with Crippen molar-refractivity contribution in [1.29, 1.82) is 0 Å². The summed E-state index contributed by atoms with van der Waals surface area (Å²) in [6.07, 6.45) is 10.2. The fraction of sp³-hybridized carbons (Fsp3) is 0.529. The lowest BCUT2D eigenvalue weighted by Crippen LogP contribution is -2.38. The van der Waals surface area contributed by atoms with Crippen LogP contribution in [-0.4, -0.2) is 22.6 Å². The third kappa shape index (κ3) is 3.89.